The number of carboxylic acid groups (broad SMARTS) is 1. The number of aliphatic carboxylic acids is 1. The minimum absolute atomic E-state index is 0.0776. The second-order valence-corrected chi connectivity index (χ2v) is 9.25. The first-order valence-electron chi connectivity index (χ1n) is 9.90. The number of fused-ring (bicyclic) bond motifs is 1. The standard InChI is InChI=1S/C19H20ClN3OS.C2HF3O2/c20-17-9-8-14(25-17)11-18(24)21-13-5-3-4-12(10-13)19-22-15-6-1-2-7-16(15)23-19;3-2(4,5)1(6)7/h1-2,6-9,12-13H,3-5,10-11H2,(H,21,24)(H,22,23);(H,6,7). The number of rotatable bonds is 4. The van der Waals surface area contributed by atoms with Crippen LogP contribution >= 0.6 is 22.9 Å². The number of halogens is 4. The van der Waals surface area contributed by atoms with Crippen LogP contribution < -0.4 is 5.32 Å². The summed E-state index contributed by atoms with van der Waals surface area (Å²) in [6.45, 7) is 0. The van der Waals surface area contributed by atoms with Gasteiger partial charge in [0.2, 0.25) is 5.91 Å². The highest BCUT2D eigenvalue weighted by Gasteiger charge is 2.38. The van der Waals surface area contributed by atoms with Crippen LogP contribution in [0, 0.1) is 0 Å². The summed E-state index contributed by atoms with van der Waals surface area (Å²) in [5, 5.41) is 10.3. The van der Waals surface area contributed by atoms with Crippen LogP contribution in [0.1, 0.15) is 42.3 Å². The van der Waals surface area contributed by atoms with Gasteiger partial charge in [-0.05, 0) is 43.5 Å². The number of carbonyl (C=O) groups is 2. The van der Waals surface area contributed by atoms with Gasteiger partial charge in [0.1, 0.15) is 5.82 Å². The first-order valence-corrected chi connectivity index (χ1v) is 11.1. The number of alkyl halides is 3. The highest BCUT2D eigenvalue weighted by molar-refractivity contribution is 7.16. The Morgan fingerprint density at radius 2 is 1.94 bits per heavy atom. The summed E-state index contributed by atoms with van der Waals surface area (Å²) >= 11 is 7.40. The minimum Gasteiger partial charge on any atom is -0.475 e. The van der Waals surface area contributed by atoms with Gasteiger partial charge < -0.3 is 15.4 Å². The number of para-hydroxylation sites is 2. The molecule has 172 valence electrons. The molecule has 1 amide bonds. The summed E-state index contributed by atoms with van der Waals surface area (Å²) in [5.74, 6) is -1.26. The molecule has 1 aromatic carbocycles. The average molecular weight is 488 g/mol. The number of imidazole rings is 1. The van der Waals surface area contributed by atoms with Gasteiger partial charge in [0.25, 0.3) is 0 Å². The van der Waals surface area contributed by atoms with Gasteiger partial charge in [0.15, 0.2) is 0 Å². The molecular weight excluding hydrogens is 467 g/mol. The van der Waals surface area contributed by atoms with Crippen molar-refractivity contribution in [1.82, 2.24) is 15.3 Å². The van der Waals surface area contributed by atoms with E-state index < -0.39 is 12.1 Å². The van der Waals surface area contributed by atoms with Crippen molar-refractivity contribution in [3.63, 3.8) is 0 Å². The number of aromatic nitrogens is 2. The molecule has 6 nitrogen and oxygen atoms in total. The Balaban J connectivity index is 0.000000360. The van der Waals surface area contributed by atoms with E-state index in [1.807, 2.05) is 30.3 Å². The molecule has 3 aromatic rings. The zero-order chi connectivity index (χ0) is 23.3. The van der Waals surface area contributed by atoms with E-state index >= 15 is 0 Å². The van der Waals surface area contributed by atoms with Gasteiger partial charge in [-0.2, -0.15) is 13.2 Å². The first-order chi connectivity index (χ1) is 15.1. The molecule has 2 unspecified atom stereocenters. The van der Waals surface area contributed by atoms with Gasteiger partial charge in [0, 0.05) is 16.8 Å². The predicted molar refractivity (Wildman–Crippen MR) is 116 cm³/mol. The fourth-order valence-corrected chi connectivity index (χ4v) is 4.71. The Labute approximate surface area is 190 Å². The van der Waals surface area contributed by atoms with Gasteiger partial charge >= 0.3 is 12.1 Å². The third-order valence-electron chi connectivity index (χ3n) is 5.04. The zero-order valence-corrected chi connectivity index (χ0v) is 18.4. The van der Waals surface area contributed by atoms with Crippen LogP contribution in [0.25, 0.3) is 11.0 Å². The van der Waals surface area contributed by atoms with Crippen molar-refractivity contribution in [2.75, 3.05) is 0 Å². The smallest absolute Gasteiger partial charge is 0.475 e. The SMILES string of the molecule is O=C(Cc1ccc(Cl)s1)NC1CCCC(c2nc3ccccc3[nH]2)C1.O=C(O)C(F)(F)F. The normalized spacial score (nSPS) is 18.6. The molecule has 1 fully saturated rings. The first kappa shape index (κ1) is 24.1. The lowest BCUT2D eigenvalue weighted by molar-refractivity contribution is -0.192. The van der Waals surface area contributed by atoms with Crippen LogP contribution in [0.4, 0.5) is 13.2 Å². The second-order valence-electron chi connectivity index (χ2n) is 7.45. The number of hydrogen-bond donors (Lipinski definition) is 3. The predicted octanol–water partition coefficient (Wildman–Crippen LogP) is 5.30. The molecule has 0 radical (unpaired) electrons. The van der Waals surface area contributed by atoms with Crippen LogP contribution in [-0.2, 0) is 16.0 Å². The minimum atomic E-state index is -5.08. The van der Waals surface area contributed by atoms with E-state index in [2.05, 4.69) is 16.4 Å². The molecule has 0 spiro atoms. The molecule has 2 aromatic heterocycles. The number of carboxylic acids is 1. The van der Waals surface area contributed by atoms with Crippen LogP contribution in [0.5, 0.6) is 0 Å². The maximum Gasteiger partial charge on any atom is 0.490 e. The quantitative estimate of drug-likeness (QED) is 0.465. The van der Waals surface area contributed by atoms with Gasteiger partial charge in [-0.1, -0.05) is 30.2 Å². The lowest BCUT2D eigenvalue weighted by Crippen LogP contribution is -2.38. The summed E-state index contributed by atoms with van der Waals surface area (Å²) < 4.78 is 32.5. The molecule has 4 rings (SSSR count). The number of aromatic amines is 1. The van der Waals surface area contributed by atoms with Gasteiger partial charge in [-0.25, -0.2) is 9.78 Å². The summed E-state index contributed by atoms with van der Waals surface area (Å²) in [7, 11) is 0. The van der Waals surface area contributed by atoms with Crippen molar-refractivity contribution >= 4 is 45.8 Å². The van der Waals surface area contributed by atoms with Crippen molar-refractivity contribution in [2.45, 2.75) is 50.2 Å². The number of hydrogen-bond acceptors (Lipinski definition) is 4. The third-order valence-corrected chi connectivity index (χ3v) is 6.27. The van der Waals surface area contributed by atoms with E-state index in [1.54, 1.807) is 0 Å². The van der Waals surface area contributed by atoms with Crippen molar-refractivity contribution in [3.8, 4) is 0 Å². The fraction of sp³-hybridized carbons (Fsp3) is 0.381. The maximum atomic E-state index is 12.3. The third kappa shape index (κ3) is 6.70. The summed E-state index contributed by atoms with van der Waals surface area (Å²) in [6.07, 6.45) is -0.474. The fourth-order valence-electron chi connectivity index (χ4n) is 3.62. The van der Waals surface area contributed by atoms with Crippen molar-refractivity contribution in [3.05, 3.63) is 51.4 Å². The summed E-state index contributed by atoms with van der Waals surface area (Å²) in [4.78, 5) is 30.4. The molecule has 1 aliphatic rings. The Kier molecular flexibility index (Phi) is 7.78. The Morgan fingerprint density at radius 3 is 2.56 bits per heavy atom. The number of carbonyl (C=O) groups excluding carboxylic acids is 1. The van der Waals surface area contributed by atoms with Crippen LogP contribution in [0.15, 0.2) is 36.4 Å². The number of thiophene rings is 1. The molecule has 0 aliphatic heterocycles. The van der Waals surface area contributed by atoms with Crippen LogP contribution in [0.2, 0.25) is 4.34 Å². The number of H-pyrrole nitrogens is 1. The number of benzene rings is 1. The van der Waals surface area contributed by atoms with E-state index in [0.717, 1.165) is 51.8 Å². The van der Waals surface area contributed by atoms with E-state index in [9.17, 15) is 18.0 Å². The topological polar surface area (TPSA) is 95.1 Å². The Bertz CT molecular complexity index is 1050. The molecule has 32 heavy (non-hydrogen) atoms. The van der Waals surface area contributed by atoms with E-state index in [1.165, 1.54) is 11.3 Å². The van der Waals surface area contributed by atoms with Gasteiger partial charge in [0.05, 0.1) is 21.8 Å². The Morgan fingerprint density at radius 1 is 1.22 bits per heavy atom. The van der Waals surface area contributed by atoms with E-state index in [-0.39, 0.29) is 11.9 Å². The number of amides is 1. The maximum absolute atomic E-state index is 12.3. The Hall–Kier alpha value is -2.59. The molecule has 2 heterocycles. The van der Waals surface area contributed by atoms with Gasteiger partial charge in [-0.15, -0.1) is 11.3 Å². The monoisotopic (exact) mass is 487 g/mol. The molecule has 2 atom stereocenters. The van der Waals surface area contributed by atoms with Crippen molar-refractivity contribution < 1.29 is 27.9 Å². The summed E-state index contributed by atoms with van der Waals surface area (Å²) in [5.41, 5.74) is 2.09. The van der Waals surface area contributed by atoms with Crippen LogP contribution in [0.3, 0.4) is 0 Å². The van der Waals surface area contributed by atoms with Crippen molar-refractivity contribution in [1.29, 1.82) is 0 Å². The molecule has 11 heteroatoms. The lowest BCUT2D eigenvalue weighted by Gasteiger charge is -2.28. The van der Waals surface area contributed by atoms with Gasteiger partial charge in [-0.3, -0.25) is 4.79 Å². The van der Waals surface area contributed by atoms with E-state index in [0.29, 0.717) is 12.3 Å². The van der Waals surface area contributed by atoms with Crippen LogP contribution in [-0.4, -0.2) is 39.2 Å². The second kappa shape index (κ2) is 10.4. The molecule has 0 bridgehead atoms. The highest BCUT2D eigenvalue weighted by atomic mass is 35.5. The molecular formula is C21H21ClF3N3O3S. The summed E-state index contributed by atoms with van der Waals surface area (Å²) in [6, 6.07) is 12.1. The molecule has 1 aliphatic carbocycles. The number of nitrogens with one attached hydrogen (secondary N) is 2. The average Bonchev–Trinajstić information content (AvgIpc) is 3.33. The molecule has 0 saturated heterocycles. The number of nitrogens with zero attached hydrogens (tertiary/aromatic N) is 1. The molecule has 1 saturated carbocycles. The largest absolute Gasteiger partial charge is 0.490 e. The van der Waals surface area contributed by atoms with E-state index in [4.69, 9.17) is 26.5 Å². The lowest BCUT2D eigenvalue weighted by atomic mass is 9.85. The highest BCUT2D eigenvalue weighted by Crippen LogP contribution is 2.32. The van der Waals surface area contributed by atoms with Crippen molar-refractivity contribution in [2.24, 2.45) is 0 Å². The zero-order valence-electron chi connectivity index (χ0n) is 16.8. The molecule has 3 N–H and O–H groups in total.